The predicted octanol–water partition coefficient (Wildman–Crippen LogP) is 1.87. The second-order valence-corrected chi connectivity index (χ2v) is 8.37. The van der Waals surface area contributed by atoms with Crippen LogP contribution in [-0.2, 0) is 14.8 Å². The number of hydrogen-bond donors (Lipinski definition) is 1. The summed E-state index contributed by atoms with van der Waals surface area (Å²) in [7, 11) is -3.44. The largest absolute Gasteiger partial charge is 0.355 e. The molecule has 1 saturated heterocycles. The van der Waals surface area contributed by atoms with Crippen molar-refractivity contribution in [3.63, 3.8) is 0 Å². The Balaban J connectivity index is 1.94. The van der Waals surface area contributed by atoms with E-state index in [0.29, 0.717) is 24.7 Å². The fourth-order valence-corrected chi connectivity index (χ4v) is 4.45. The van der Waals surface area contributed by atoms with Gasteiger partial charge in [-0.05, 0) is 31.4 Å². The predicted molar refractivity (Wildman–Crippen MR) is 90.9 cm³/mol. The van der Waals surface area contributed by atoms with Crippen molar-refractivity contribution in [2.45, 2.75) is 42.5 Å². The molecule has 2 heterocycles. The quantitative estimate of drug-likeness (QED) is 0.754. The van der Waals surface area contributed by atoms with Crippen molar-refractivity contribution >= 4 is 27.7 Å². The Labute approximate surface area is 142 Å². The number of aromatic nitrogens is 1. The number of carbonyl (C=O) groups excluding carboxylic acids is 1. The Bertz CT molecular complexity index is 611. The smallest absolute Gasteiger partial charge is 0.244 e. The summed E-state index contributed by atoms with van der Waals surface area (Å²) in [5.74, 6) is 0.245. The Kier molecular flexibility index (Phi) is 6.86. The van der Waals surface area contributed by atoms with E-state index in [0.717, 1.165) is 25.7 Å². The van der Waals surface area contributed by atoms with Gasteiger partial charge in [-0.3, -0.25) is 4.79 Å². The van der Waals surface area contributed by atoms with Crippen LogP contribution in [0.25, 0.3) is 0 Å². The molecule has 2 rings (SSSR count). The summed E-state index contributed by atoms with van der Waals surface area (Å²) in [6.07, 6.45) is 5.19. The van der Waals surface area contributed by atoms with Crippen molar-refractivity contribution in [1.29, 1.82) is 0 Å². The second kappa shape index (κ2) is 8.65. The van der Waals surface area contributed by atoms with E-state index in [1.54, 1.807) is 12.1 Å². The molecule has 0 aromatic carbocycles. The molecule has 0 radical (unpaired) electrons. The van der Waals surface area contributed by atoms with Gasteiger partial charge in [-0.1, -0.05) is 25.1 Å². The normalized spacial score (nSPS) is 16.2. The van der Waals surface area contributed by atoms with Crippen molar-refractivity contribution in [3.8, 4) is 0 Å². The molecule has 128 valence electrons. The van der Waals surface area contributed by atoms with Crippen LogP contribution in [0.4, 0.5) is 0 Å². The molecule has 1 fully saturated rings. The van der Waals surface area contributed by atoms with Gasteiger partial charge in [0.05, 0.1) is 10.8 Å². The highest BCUT2D eigenvalue weighted by atomic mass is 32.2. The van der Waals surface area contributed by atoms with Gasteiger partial charge < -0.3 is 5.32 Å². The lowest BCUT2D eigenvalue weighted by atomic mass is 10.2. The molecular formula is C15H23N3O3S2. The first-order valence-corrected chi connectivity index (χ1v) is 10.3. The van der Waals surface area contributed by atoms with E-state index < -0.39 is 10.0 Å². The maximum Gasteiger partial charge on any atom is 0.244 e. The number of thioether (sulfide) groups is 1. The van der Waals surface area contributed by atoms with Gasteiger partial charge in [0, 0.05) is 25.8 Å². The van der Waals surface area contributed by atoms with Crippen LogP contribution in [0.15, 0.2) is 28.3 Å². The lowest BCUT2D eigenvalue weighted by Gasteiger charge is -2.25. The van der Waals surface area contributed by atoms with Crippen LogP contribution in [0, 0.1) is 0 Å². The number of carbonyl (C=O) groups is 1. The minimum absolute atomic E-state index is 0.0383. The molecule has 6 nitrogen and oxygen atoms in total. The highest BCUT2D eigenvalue weighted by Crippen LogP contribution is 2.22. The van der Waals surface area contributed by atoms with E-state index in [-0.39, 0.29) is 16.6 Å². The fourth-order valence-electron chi connectivity index (χ4n) is 2.31. The number of rotatable bonds is 7. The Morgan fingerprint density at radius 3 is 2.65 bits per heavy atom. The number of pyridine rings is 1. The van der Waals surface area contributed by atoms with Gasteiger partial charge >= 0.3 is 0 Å². The first kappa shape index (κ1) is 18.2. The SMILES string of the molecule is CCCNC(=O)CSc1ccc(S(=O)(=O)N2CCCCC2)cn1. The molecule has 8 heteroatoms. The van der Waals surface area contributed by atoms with Gasteiger partial charge in [0.2, 0.25) is 15.9 Å². The maximum absolute atomic E-state index is 12.5. The van der Waals surface area contributed by atoms with Crippen molar-refractivity contribution in [1.82, 2.24) is 14.6 Å². The average Bonchev–Trinajstić information content (AvgIpc) is 2.59. The Morgan fingerprint density at radius 1 is 1.30 bits per heavy atom. The third-order valence-corrected chi connectivity index (χ3v) is 6.41. The molecular weight excluding hydrogens is 334 g/mol. The fraction of sp³-hybridized carbons (Fsp3) is 0.600. The molecule has 0 atom stereocenters. The van der Waals surface area contributed by atoms with Crippen molar-refractivity contribution < 1.29 is 13.2 Å². The molecule has 1 aliphatic rings. The van der Waals surface area contributed by atoms with Crippen LogP contribution in [0.2, 0.25) is 0 Å². The minimum atomic E-state index is -3.44. The summed E-state index contributed by atoms with van der Waals surface area (Å²) in [6.45, 7) is 3.82. The third-order valence-electron chi connectivity index (χ3n) is 3.59. The zero-order valence-electron chi connectivity index (χ0n) is 13.3. The van der Waals surface area contributed by atoms with Crippen LogP contribution in [0.1, 0.15) is 32.6 Å². The highest BCUT2D eigenvalue weighted by Gasteiger charge is 2.26. The standard InChI is InChI=1S/C15H23N3O3S2/c1-2-8-16-14(19)12-22-15-7-6-13(11-17-15)23(20,21)18-9-4-3-5-10-18/h6-7,11H,2-5,8-10,12H2,1H3,(H,16,19). The molecule has 0 spiro atoms. The second-order valence-electron chi connectivity index (χ2n) is 5.44. The summed E-state index contributed by atoms with van der Waals surface area (Å²) in [5.41, 5.74) is 0. The number of nitrogens with one attached hydrogen (secondary N) is 1. The van der Waals surface area contributed by atoms with Gasteiger partial charge in [-0.2, -0.15) is 4.31 Å². The average molecular weight is 358 g/mol. The van der Waals surface area contributed by atoms with Gasteiger partial charge in [0.25, 0.3) is 0 Å². The number of hydrogen-bond acceptors (Lipinski definition) is 5. The zero-order valence-corrected chi connectivity index (χ0v) is 15.0. The molecule has 0 bridgehead atoms. The summed E-state index contributed by atoms with van der Waals surface area (Å²) >= 11 is 1.30. The topological polar surface area (TPSA) is 79.4 Å². The van der Waals surface area contributed by atoms with E-state index in [2.05, 4.69) is 10.3 Å². The molecule has 1 aliphatic heterocycles. The Morgan fingerprint density at radius 2 is 2.04 bits per heavy atom. The molecule has 23 heavy (non-hydrogen) atoms. The molecule has 1 aromatic rings. The van der Waals surface area contributed by atoms with Crippen LogP contribution < -0.4 is 5.32 Å². The lowest BCUT2D eigenvalue weighted by Crippen LogP contribution is -2.35. The van der Waals surface area contributed by atoms with E-state index >= 15 is 0 Å². The van der Waals surface area contributed by atoms with Crippen molar-refractivity contribution in [2.24, 2.45) is 0 Å². The molecule has 0 saturated carbocycles. The van der Waals surface area contributed by atoms with Crippen LogP contribution >= 0.6 is 11.8 Å². The summed E-state index contributed by atoms with van der Waals surface area (Å²) < 4.78 is 26.5. The monoisotopic (exact) mass is 357 g/mol. The van der Waals surface area contributed by atoms with E-state index in [1.807, 2.05) is 6.92 Å². The number of piperidine rings is 1. The molecule has 0 aliphatic carbocycles. The zero-order chi connectivity index (χ0) is 16.7. The number of sulfonamides is 1. The molecule has 1 aromatic heterocycles. The van der Waals surface area contributed by atoms with E-state index in [9.17, 15) is 13.2 Å². The van der Waals surface area contributed by atoms with E-state index in [1.165, 1.54) is 22.3 Å². The highest BCUT2D eigenvalue weighted by molar-refractivity contribution is 7.99. The van der Waals surface area contributed by atoms with Crippen molar-refractivity contribution in [3.05, 3.63) is 18.3 Å². The van der Waals surface area contributed by atoms with Gasteiger partial charge in [-0.25, -0.2) is 13.4 Å². The molecule has 0 unspecified atom stereocenters. The lowest BCUT2D eigenvalue weighted by molar-refractivity contribution is -0.118. The van der Waals surface area contributed by atoms with Gasteiger partial charge in [0.1, 0.15) is 4.90 Å². The molecule has 1 amide bonds. The first-order chi connectivity index (χ1) is 11.0. The minimum Gasteiger partial charge on any atom is -0.355 e. The van der Waals surface area contributed by atoms with Crippen LogP contribution in [0.5, 0.6) is 0 Å². The Hall–Kier alpha value is -1.12. The summed E-state index contributed by atoms with van der Waals surface area (Å²) in [4.78, 5) is 15.9. The number of amides is 1. The van der Waals surface area contributed by atoms with Crippen LogP contribution in [-0.4, -0.2) is 49.0 Å². The van der Waals surface area contributed by atoms with Crippen LogP contribution in [0.3, 0.4) is 0 Å². The summed E-state index contributed by atoms with van der Waals surface area (Å²) in [6, 6.07) is 3.23. The van der Waals surface area contributed by atoms with Gasteiger partial charge in [-0.15, -0.1) is 0 Å². The number of nitrogens with zero attached hydrogens (tertiary/aromatic N) is 2. The third kappa shape index (κ3) is 5.19. The van der Waals surface area contributed by atoms with Crippen molar-refractivity contribution in [2.75, 3.05) is 25.4 Å². The first-order valence-electron chi connectivity index (χ1n) is 7.89. The summed E-state index contributed by atoms with van der Waals surface area (Å²) in [5, 5.41) is 3.44. The van der Waals surface area contributed by atoms with E-state index in [4.69, 9.17) is 0 Å². The maximum atomic E-state index is 12.5. The van der Waals surface area contributed by atoms with Gasteiger partial charge in [0.15, 0.2) is 0 Å². The molecule has 1 N–H and O–H groups in total.